The van der Waals surface area contributed by atoms with Crippen LogP contribution in [0.3, 0.4) is 0 Å². The first-order chi connectivity index (χ1) is 16.2. The molecule has 0 nitrogen and oxygen atoms in total. The van der Waals surface area contributed by atoms with Gasteiger partial charge in [-0.25, -0.2) is 0 Å². The molecule has 161 valence electrons. The summed E-state index contributed by atoms with van der Waals surface area (Å²) in [4.78, 5) is 0. The summed E-state index contributed by atoms with van der Waals surface area (Å²) in [5, 5.41) is 8.21. The predicted octanol–water partition coefficient (Wildman–Crippen LogP) is 6.85. The number of fused-ring (bicyclic) bond motifs is 5. The molecule has 1 aliphatic rings. The molecule has 6 aromatic rings. The Morgan fingerprint density at radius 2 is 1.15 bits per heavy atom. The van der Waals surface area contributed by atoms with E-state index in [0.717, 1.165) is 9.52 Å². The molecule has 1 aliphatic heterocycles. The first-order valence-corrected chi connectivity index (χ1v) is 12.3. The van der Waals surface area contributed by atoms with Gasteiger partial charge in [0, 0.05) is 0 Å². The van der Waals surface area contributed by atoms with Crippen LogP contribution in [-0.4, -0.2) is 9.52 Å². The first-order valence-electron chi connectivity index (χ1n) is 11.3. The molecule has 0 atom stereocenters. The van der Waals surface area contributed by atoms with Crippen LogP contribution in [0.4, 0.5) is 0 Å². The number of hydrogen-bond acceptors (Lipinski definition) is 0. The molecule has 7 rings (SSSR count). The zero-order valence-electron chi connectivity index (χ0n) is 19.5. The van der Waals surface area contributed by atoms with E-state index in [4.69, 9.17) is 0 Å². The fourth-order valence-corrected chi connectivity index (χ4v) is 5.65. The van der Waals surface area contributed by atoms with Gasteiger partial charge in [-0.3, -0.25) is 0 Å². The molecular weight excluding hydrogens is 504 g/mol. The van der Waals surface area contributed by atoms with Crippen LogP contribution in [0, 0.1) is 19.9 Å². The van der Waals surface area contributed by atoms with E-state index in [1.807, 2.05) is 6.07 Å². The molecule has 6 aromatic carbocycles. The SMILES string of the molecule is Cc1cc2ccccc2[cH-]1.Cc1cc2ccccc2[cH-]1.[Zr+3].[c-]1cccc2c1[Si]c1ccccc1-2. The summed E-state index contributed by atoms with van der Waals surface area (Å²) in [6.45, 7) is 4.25. The molecule has 1 heterocycles. The Morgan fingerprint density at radius 1 is 0.618 bits per heavy atom. The van der Waals surface area contributed by atoms with Gasteiger partial charge in [0.05, 0.1) is 9.52 Å². The van der Waals surface area contributed by atoms with Crippen LogP contribution in [0.15, 0.2) is 115 Å². The Bertz CT molecular complexity index is 1340. The molecular formula is C32H25SiZr. The number of rotatable bonds is 0. The fourth-order valence-electron chi connectivity index (χ4n) is 4.34. The van der Waals surface area contributed by atoms with Crippen LogP contribution in [0.25, 0.3) is 32.7 Å². The van der Waals surface area contributed by atoms with E-state index >= 15 is 0 Å². The largest absolute Gasteiger partial charge is 3.00 e. The molecule has 3 radical (unpaired) electrons. The van der Waals surface area contributed by atoms with Gasteiger partial charge < -0.3 is 0 Å². The third-order valence-corrected chi connectivity index (χ3v) is 7.23. The van der Waals surface area contributed by atoms with E-state index < -0.39 is 0 Å². The average molecular weight is 529 g/mol. The van der Waals surface area contributed by atoms with Crippen LogP contribution >= 0.6 is 0 Å². The molecule has 0 spiro atoms. The molecule has 0 bridgehead atoms. The van der Waals surface area contributed by atoms with Gasteiger partial charge in [-0.2, -0.15) is 41.6 Å². The van der Waals surface area contributed by atoms with Crippen molar-refractivity contribution >= 4 is 41.4 Å². The molecule has 2 heteroatoms. The van der Waals surface area contributed by atoms with Gasteiger partial charge in [0.2, 0.25) is 0 Å². The maximum atomic E-state index is 3.31. The summed E-state index contributed by atoms with van der Waals surface area (Å²) >= 11 is 0. The molecule has 0 amide bonds. The van der Waals surface area contributed by atoms with Crippen LogP contribution in [0.5, 0.6) is 0 Å². The molecule has 0 saturated heterocycles. The minimum absolute atomic E-state index is 0. The van der Waals surface area contributed by atoms with Crippen LogP contribution in [0.1, 0.15) is 11.1 Å². The second-order valence-electron chi connectivity index (χ2n) is 8.45. The smallest absolute Gasteiger partial charge is 0.184 e. The third kappa shape index (κ3) is 5.46. The van der Waals surface area contributed by atoms with Crippen molar-refractivity contribution in [2.45, 2.75) is 13.8 Å². The Labute approximate surface area is 224 Å². The molecule has 0 fully saturated rings. The van der Waals surface area contributed by atoms with E-state index in [1.54, 1.807) is 0 Å². The normalized spacial score (nSPS) is 10.9. The minimum Gasteiger partial charge on any atom is -0.184 e. The van der Waals surface area contributed by atoms with Crippen LogP contribution < -0.4 is 10.4 Å². The second kappa shape index (κ2) is 11.1. The van der Waals surface area contributed by atoms with Crippen molar-refractivity contribution < 1.29 is 26.2 Å². The maximum Gasteiger partial charge on any atom is 3.00 e. The van der Waals surface area contributed by atoms with Gasteiger partial charge in [0.1, 0.15) is 0 Å². The van der Waals surface area contributed by atoms with Crippen molar-refractivity contribution in [3.63, 3.8) is 0 Å². The Balaban J connectivity index is 0.000000121. The van der Waals surface area contributed by atoms with Crippen molar-refractivity contribution in [2.24, 2.45) is 0 Å². The van der Waals surface area contributed by atoms with Gasteiger partial charge >= 0.3 is 26.2 Å². The minimum atomic E-state index is 0. The van der Waals surface area contributed by atoms with Gasteiger partial charge in [0.25, 0.3) is 0 Å². The van der Waals surface area contributed by atoms with E-state index in [-0.39, 0.29) is 26.2 Å². The molecule has 0 unspecified atom stereocenters. The zero-order valence-corrected chi connectivity index (χ0v) is 22.9. The van der Waals surface area contributed by atoms with Crippen LogP contribution in [0.2, 0.25) is 0 Å². The number of benzene rings is 4. The topological polar surface area (TPSA) is 0 Å². The predicted molar refractivity (Wildman–Crippen MR) is 144 cm³/mol. The van der Waals surface area contributed by atoms with Gasteiger partial charge in [-0.1, -0.05) is 61.0 Å². The Morgan fingerprint density at radius 3 is 1.76 bits per heavy atom. The molecule has 0 N–H and O–H groups in total. The van der Waals surface area contributed by atoms with Gasteiger partial charge in [0.15, 0.2) is 0 Å². The third-order valence-electron chi connectivity index (χ3n) is 5.86. The van der Waals surface area contributed by atoms with Crippen molar-refractivity contribution in [3.05, 3.63) is 132 Å². The van der Waals surface area contributed by atoms with Crippen molar-refractivity contribution in [3.8, 4) is 11.1 Å². The van der Waals surface area contributed by atoms with Gasteiger partial charge in [-0.15, -0.1) is 86.8 Å². The number of aryl methyl sites for hydroxylation is 2. The quantitative estimate of drug-likeness (QED) is 0.149. The van der Waals surface area contributed by atoms with E-state index in [2.05, 4.69) is 129 Å². The monoisotopic (exact) mass is 527 g/mol. The summed E-state index contributed by atoms with van der Waals surface area (Å²) in [5.74, 6) is 0. The average Bonchev–Trinajstić information content (AvgIpc) is 3.52. The standard InChI is InChI=1S/C12H7Si.2C10H9.Zr/c1-3-7-11-9(5-1)10-6-2-4-8-12(10)13-11;2*1-8-6-9-4-2-3-5-10(9)7-8;/h1-7H;2*2-7H,1H3;/q3*-1;+3. The molecule has 0 aromatic heterocycles. The summed E-state index contributed by atoms with van der Waals surface area (Å²) in [6, 6.07) is 43.8. The number of hydrogen-bond donors (Lipinski definition) is 0. The summed E-state index contributed by atoms with van der Waals surface area (Å²) < 4.78 is 0. The van der Waals surface area contributed by atoms with Crippen molar-refractivity contribution in [1.82, 2.24) is 0 Å². The molecule has 0 aliphatic carbocycles. The van der Waals surface area contributed by atoms with Gasteiger partial charge in [-0.05, 0) is 0 Å². The maximum absolute atomic E-state index is 3.31. The Kier molecular flexibility index (Phi) is 7.93. The molecule has 0 saturated carbocycles. The summed E-state index contributed by atoms with van der Waals surface area (Å²) in [5.41, 5.74) is 5.46. The second-order valence-corrected chi connectivity index (χ2v) is 9.74. The van der Waals surface area contributed by atoms with Crippen molar-refractivity contribution in [2.75, 3.05) is 0 Å². The first kappa shape index (κ1) is 24.3. The van der Waals surface area contributed by atoms with E-state index in [9.17, 15) is 0 Å². The molecule has 34 heavy (non-hydrogen) atoms. The summed E-state index contributed by atoms with van der Waals surface area (Å²) in [7, 11) is 0.795. The summed E-state index contributed by atoms with van der Waals surface area (Å²) in [6.07, 6.45) is 0. The van der Waals surface area contributed by atoms with E-state index in [1.165, 1.54) is 54.2 Å². The van der Waals surface area contributed by atoms with Crippen LogP contribution in [-0.2, 0) is 26.2 Å². The zero-order chi connectivity index (χ0) is 22.6. The van der Waals surface area contributed by atoms with E-state index in [0.29, 0.717) is 0 Å². The fraction of sp³-hybridized carbons (Fsp3) is 0.0625. The Hall–Kier alpha value is -2.80. The van der Waals surface area contributed by atoms with Crippen molar-refractivity contribution in [1.29, 1.82) is 0 Å².